The maximum atomic E-state index is 6.74. The van der Waals surface area contributed by atoms with Crippen LogP contribution in [0.2, 0.25) is 0 Å². The molecule has 2 heterocycles. The molecular formula is C55H38N2O. The predicted molar refractivity (Wildman–Crippen MR) is 243 cm³/mol. The molecule has 0 amide bonds. The first-order chi connectivity index (χ1) is 28.5. The van der Waals surface area contributed by atoms with Crippen molar-refractivity contribution in [3.8, 4) is 27.9 Å². The minimum atomic E-state index is -0.117. The Bertz CT molecular complexity index is 3370. The number of fused-ring (bicyclic) bond motifs is 11. The van der Waals surface area contributed by atoms with E-state index in [-0.39, 0.29) is 5.41 Å². The molecule has 9 aromatic carbocycles. The van der Waals surface area contributed by atoms with E-state index < -0.39 is 0 Å². The summed E-state index contributed by atoms with van der Waals surface area (Å²) in [5.74, 6) is 0. The van der Waals surface area contributed by atoms with Gasteiger partial charge in [0.2, 0.25) is 0 Å². The quantitative estimate of drug-likeness (QED) is 0.175. The number of anilines is 3. The van der Waals surface area contributed by atoms with Crippen LogP contribution < -0.4 is 4.90 Å². The first-order valence-corrected chi connectivity index (χ1v) is 20.1. The number of rotatable bonds is 5. The second-order valence-corrected chi connectivity index (χ2v) is 16.1. The predicted octanol–water partition coefficient (Wildman–Crippen LogP) is 15.3. The van der Waals surface area contributed by atoms with Crippen LogP contribution in [0.5, 0.6) is 0 Å². The number of furan rings is 1. The molecule has 58 heavy (non-hydrogen) atoms. The van der Waals surface area contributed by atoms with Crippen LogP contribution in [0, 0.1) is 0 Å². The number of nitrogens with zero attached hydrogens (tertiary/aromatic N) is 2. The molecule has 0 bridgehead atoms. The number of hydrogen-bond donors (Lipinski definition) is 0. The van der Waals surface area contributed by atoms with Crippen molar-refractivity contribution in [3.05, 3.63) is 205 Å². The molecule has 12 rings (SSSR count). The summed E-state index contributed by atoms with van der Waals surface area (Å²) in [6.07, 6.45) is 0. The van der Waals surface area contributed by atoms with Gasteiger partial charge in [-0.05, 0) is 99.9 Å². The Hall–Kier alpha value is -7.36. The first kappa shape index (κ1) is 32.8. The van der Waals surface area contributed by atoms with Gasteiger partial charge in [-0.15, -0.1) is 0 Å². The summed E-state index contributed by atoms with van der Waals surface area (Å²) in [5, 5.41) is 7.12. The molecule has 1 aliphatic rings. The summed E-state index contributed by atoms with van der Waals surface area (Å²) < 4.78 is 9.12. The van der Waals surface area contributed by atoms with Crippen molar-refractivity contribution in [1.82, 2.24) is 4.57 Å². The summed E-state index contributed by atoms with van der Waals surface area (Å²) in [6.45, 7) is 4.70. The summed E-state index contributed by atoms with van der Waals surface area (Å²) in [4.78, 5) is 2.40. The number of aromatic nitrogens is 1. The molecule has 0 atom stereocenters. The van der Waals surface area contributed by atoms with Gasteiger partial charge in [0.15, 0.2) is 0 Å². The average Bonchev–Trinajstić information content (AvgIpc) is 3.90. The van der Waals surface area contributed by atoms with E-state index >= 15 is 0 Å². The van der Waals surface area contributed by atoms with Crippen molar-refractivity contribution in [1.29, 1.82) is 0 Å². The molecule has 0 spiro atoms. The van der Waals surface area contributed by atoms with Crippen LogP contribution in [0.3, 0.4) is 0 Å². The standard InChI is InChI=1S/C55H38N2O/c1-55(2)49-19-8-5-14-43(49)44-33-31-40(34-50(44)55)56(38-27-29-39(30-28-38)57-51-20-9-6-15-45(51)46-16-7-10-21-52(46)57)37-25-22-36(23-26-37)42-17-11-18-47-48-32-24-35-12-3-4-13-41(35)54(48)58-53(42)47/h3-34H,1-2H3. The highest BCUT2D eigenvalue weighted by Gasteiger charge is 2.35. The van der Waals surface area contributed by atoms with E-state index in [4.69, 9.17) is 4.42 Å². The van der Waals surface area contributed by atoms with Crippen molar-refractivity contribution >= 4 is 71.6 Å². The summed E-state index contributed by atoms with van der Waals surface area (Å²) in [7, 11) is 0. The number of hydrogen-bond acceptors (Lipinski definition) is 2. The second kappa shape index (κ2) is 12.3. The van der Waals surface area contributed by atoms with E-state index in [1.165, 1.54) is 49.4 Å². The molecule has 0 aliphatic heterocycles. The third kappa shape index (κ3) is 4.74. The Balaban J connectivity index is 0.996. The van der Waals surface area contributed by atoms with Gasteiger partial charge in [-0.25, -0.2) is 0 Å². The Kier molecular flexibility index (Phi) is 6.98. The van der Waals surface area contributed by atoms with E-state index in [1.807, 2.05) is 0 Å². The fourth-order valence-corrected chi connectivity index (χ4v) is 9.77. The van der Waals surface area contributed by atoms with Crippen molar-refractivity contribution in [3.63, 3.8) is 0 Å². The van der Waals surface area contributed by atoms with Crippen LogP contribution in [0.4, 0.5) is 17.1 Å². The topological polar surface area (TPSA) is 21.3 Å². The molecule has 0 fully saturated rings. The van der Waals surface area contributed by atoms with Gasteiger partial charge in [0.05, 0.1) is 11.0 Å². The Morgan fingerprint density at radius 2 is 0.983 bits per heavy atom. The van der Waals surface area contributed by atoms with Crippen molar-refractivity contribution in [2.75, 3.05) is 4.90 Å². The van der Waals surface area contributed by atoms with Gasteiger partial charge in [0, 0.05) is 60.7 Å². The van der Waals surface area contributed by atoms with Crippen molar-refractivity contribution in [2.24, 2.45) is 0 Å². The van der Waals surface area contributed by atoms with Gasteiger partial charge in [-0.1, -0.05) is 141 Å². The van der Waals surface area contributed by atoms with Gasteiger partial charge in [-0.3, -0.25) is 0 Å². The normalized spacial score (nSPS) is 13.1. The molecule has 0 N–H and O–H groups in total. The van der Waals surface area contributed by atoms with E-state index in [1.54, 1.807) is 0 Å². The highest BCUT2D eigenvalue weighted by Crippen LogP contribution is 2.51. The molecule has 0 radical (unpaired) electrons. The number of para-hydroxylation sites is 3. The van der Waals surface area contributed by atoms with Crippen LogP contribution in [-0.4, -0.2) is 4.57 Å². The maximum absolute atomic E-state index is 6.74. The Morgan fingerprint density at radius 1 is 0.414 bits per heavy atom. The van der Waals surface area contributed by atoms with Crippen molar-refractivity contribution < 1.29 is 4.42 Å². The molecule has 0 saturated carbocycles. The fourth-order valence-electron chi connectivity index (χ4n) is 9.77. The summed E-state index contributed by atoms with van der Waals surface area (Å²) in [5.41, 5.74) is 16.2. The molecule has 0 saturated heterocycles. The minimum Gasteiger partial charge on any atom is -0.455 e. The van der Waals surface area contributed by atoms with E-state index in [9.17, 15) is 0 Å². The van der Waals surface area contributed by atoms with Crippen LogP contribution in [-0.2, 0) is 5.41 Å². The van der Waals surface area contributed by atoms with Crippen LogP contribution in [0.1, 0.15) is 25.0 Å². The molecular weight excluding hydrogens is 705 g/mol. The molecule has 3 heteroatoms. The summed E-state index contributed by atoms with van der Waals surface area (Å²) >= 11 is 0. The largest absolute Gasteiger partial charge is 0.455 e. The van der Waals surface area contributed by atoms with E-state index in [0.29, 0.717) is 0 Å². The third-order valence-electron chi connectivity index (χ3n) is 12.6. The van der Waals surface area contributed by atoms with Gasteiger partial charge in [0.25, 0.3) is 0 Å². The second-order valence-electron chi connectivity index (χ2n) is 16.1. The molecule has 3 nitrogen and oxygen atoms in total. The van der Waals surface area contributed by atoms with Crippen LogP contribution in [0.25, 0.3) is 82.5 Å². The lowest BCUT2D eigenvalue weighted by molar-refractivity contribution is 0.660. The summed E-state index contributed by atoms with van der Waals surface area (Å²) in [6, 6.07) is 70.6. The van der Waals surface area contributed by atoms with Gasteiger partial charge in [-0.2, -0.15) is 0 Å². The SMILES string of the molecule is CC1(C)c2ccccc2-c2ccc(N(c3ccc(-c4cccc5c4oc4c6ccccc6ccc54)cc3)c3ccc(-n4c5ccccc5c5ccccc54)cc3)cc21. The van der Waals surface area contributed by atoms with Gasteiger partial charge < -0.3 is 13.9 Å². The number of benzene rings is 9. The van der Waals surface area contributed by atoms with E-state index in [2.05, 4.69) is 217 Å². The Labute approximate surface area is 336 Å². The van der Waals surface area contributed by atoms with Crippen LogP contribution in [0.15, 0.2) is 199 Å². The monoisotopic (exact) mass is 742 g/mol. The lowest BCUT2D eigenvalue weighted by Crippen LogP contribution is -2.16. The molecule has 11 aromatic rings. The minimum absolute atomic E-state index is 0.117. The fraction of sp³-hybridized carbons (Fsp3) is 0.0545. The van der Waals surface area contributed by atoms with E-state index in [0.717, 1.165) is 61.2 Å². The average molecular weight is 743 g/mol. The maximum Gasteiger partial charge on any atom is 0.143 e. The third-order valence-corrected chi connectivity index (χ3v) is 12.6. The molecule has 274 valence electrons. The highest BCUT2D eigenvalue weighted by atomic mass is 16.3. The highest BCUT2D eigenvalue weighted by molar-refractivity contribution is 6.17. The molecule has 0 unspecified atom stereocenters. The zero-order chi connectivity index (χ0) is 38.5. The van der Waals surface area contributed by atoms with Gasteiger partial charge in [0.1, 0.15) is 11.2 Å². The van der Waals surface area contributed by atoms with Crippen molar-refractivity contribution in [2.45, 2.75) is 19.3 Å². The Morgan fingerprint density at radius 3 is 1.74 bits per heavy atom. The zero-order valence-corrected chi connectivity index (χ0v) is 32.3. The lowest BCUT2D eigenvalue weighted by atomic mass is 9.82. The first-order valence-electron chi connectivity index (χ1n) is 20.1. The van der Waals surface area contributed by atoms with Crippen LogP contribution >= 0.6 is 0 Å². The zero-order valence-electron chi connectivity index (χ0n) is 32.3. The van der Waals surface area contributed by atoms with Gasteiger partial charge >= 0.3 is 0 Å². The lowest BCUT2D eigenvalue weighted by Gasteiger charge is -2.28. The molecule has 2 aromatic heterocycles. The smallest absolute Gasteiger partial charge is 0.143 e. The molecule has 1 aliphatic carbocycles.